The highest BCUT2D eigenvalue weighted by Gasteiger charge is 2.09. The fraction of sp³-hybridized carbons (Fsp3) is 1.00. The molecule has 0 rings (SSSR count). The Labute approximate surface area is 142 Å². The summed E-state index contributed by atoms with van der Waals surface area (Å²) >= 11 is 0. The van der Waals surface area contributed by atoms with Crippen LogP contribution in [-0.4, -0.2) is 57.5 Å². The SMILES string of the molecule is CCCCCCCCCCCCN(CCC(O)O)CCC(O)O. The molecule has 5 heteroatoms. The van der Waals surface area contributed by atoms with Crippen LogP contribution in [0.2, 0.25) is 0 Å². The van der Waals surface area contributed by atoms with Gasteiger partial charge in [-0.2, -0.15) is 0 Å². The first kappa shape index (κ1) is 22.8. The maximum Gasteiger partial charge on any atom is 0.152 e. The lowest BCUT2D eigenvalue weighted by molar-refractivity contribution is -0.0595. The van der Waals surface area contributed by atoms with E-state index in [0.29, 0.717) is 25.9 Å². The van der Waals surface area contributed by atoms with Gasteiger partial charge in [0.1, 0.15) is 0 Å². The molecule has 0 saturated heterocycles. The Morgan fingerprint density at radius 1 is 0.565 bits per heavy atom. The summed E-state index contributed by atoms with van der Waals surface area (Å²) in [5.41, 5.74) is 0. The predicted molar refractivity (Wildman–Crippen MR) is 94.0 cm³/mol. The lowest BCUT2D eigenvalue weighted by Crippen LogP contribution is -2.31. The molecule has 0 spiro atoms. The summed E-state index contributed by atoms with van der Waals surface area (Å²) in [5, 5.41) is 35.8. The number of aliphatic hydroxyl groups is 4. The van der Waals surface area contributed by atoms with E-state index in [-0.39, 0.29) is 0 Å². The molecule has 0 aromatic carbocycles. The first-order valence-electron chi connectivity index (χ1n) is 9.51. The summed E-state index contributed by atoms with van der Waals surface area (Å²) in [6.45, 7) is 4.30. The Hall–Kier alpha value is -0.200. The Kier molecular flexibility index (Phi) is 16.5. The zero-order valence-electron chi connectivity index (χ0n) is 15.0. The lowest BCUT2D eigenvalue weighted by Gasteiger charge is -2.23. The fourth-order valence-electron chi connectivity index (χ4n) is 2.75. The molecule has 0 heterocycles. The zero-order chi connectivity index (χ0) is 17.3. The molecule has 140 valence electrons. The van der Waals surface area contributed by atoms with Gasteiger partial charge >= 0.3 is 0 Å². The van der Waals surface area contributed by atoms with Crippen LogP contribution in [0.3, 0.4) is 0 Å². The topological polar surface area (TPSA) is 84.2 Å². The Balaban J connectivity index is 3.56. The molecular formula is C18H39NO4. The molecule has 0 aromatic heterocycles. The Morgan fingerprint density at radius 2 is 0.957 bits per heavy atom. The highest BCUT2D eigenvalue weighted by atomic mass is 16.5. The molecule has 0 fully saturated rings. The third-order valence-electron chi connectivity index (χ3n) is 4.23. The predicted octanol–water partition coefficient (Wildman–Crippen LogP) is 2.61. The van der Waals surface area contributed by atoms with Crippen LogP contribution >= 0.6 is 0 Å². The van der Waals surface area contributed by atoms with Gasteiger partial charge in [0.05, 0.1) is 0 Å². The van der Waals surface area contributed by atoms with Crippen molar-refractivity contribution in [1.29, 1.82) is 0 Å². The summed E-state index contributed by atoms with van der Waals surface area (Å²) in [6.07, 6.45) is 11.0. The van der Waals surface area contributed by atoms with Gasteiger partial charge in [0.15, 0.2) is 12.6 Å². The van der Waals surface area contributed by atoms with Gasteiger partial charge in [-0.1, -0.05) is 64.7 Å². The van der Waals surface area contributed by atoms with Crippen molar-refractivity contribution < 1.29 is 20.4 Å². The summed E-state index contributed by atoms with van der Waals surface area (Å²) in [6, 6.07) is 0. The van der Waals surface area contributed by atoms with E-state index >= 15 is 0 Å². The van der Waals surface area contributed by atoms with E-state index in [1.165, 1.54) is 57.8 Å². The van der Waals surface area contributed by atoms with Crippen LogP contribution in [0.5, 0.6) is 0 Å². The number of aliphatic hydroxyl groups excluding tert-OH is 2. The summed E-state index contributed by atoms with van der Waals surface area (Å²) < 4.78 is 0. The van der Waals surface area contributed by atoms with Gasteiger partial charge in [-0.05, 0) is 13.0 Å². The molecule has 0 unspecified atom stereocenters. The number of hydrogen-bond acceptors (Lipinski definition) is 5. The Bertz CT molecular complexity index is 225. The highest BCUT2D eigenvalue weighted by molar-refractivity contribution is 4.60. The first-order valence-corrected chi connectivity index (χ1v) is 9.51. The van der Waals surface area contributed by atoms with Gasteiger partial charge in [0, 0.05) is 25.9 Å². The van der Waals surface area contributed by atoms with E-state index < -0.39 is 12.6 Å². The van der Waals surface area contributed by atoms with Crippen LogP contribution in [0.4, 0.5) is 0 Å². The molecule has 0 amide bonds. The van der Waals surface area contributed by atoms with E-state index in [1.807, 2.05) is 0 Å². The molecular weight excluding hydrogens is 294 g/mol. The third-order valence-corrected chi connectivity index (χ3v) is 4.23. The second kappa shape index (κ2) is 16.7. The molecule has 0 bridgehead atoms. The van der Waals surface area contributed by atoms with Crippen molar-refractivity contribution in [2.75, 3.05) is 19.6 Å². The molecule has 0 aromatic rings. The van der Waals surface area contributed by atoms with Gasteiger partial charge in [-0.25, -0.2) is 0 Å². The van der Waals surface area contributed by atoms with E-state index in [4.69, 9.17) is 20.4 Å². The average Bonchev–Trinajstić information content (AvgIpc) is 2.50. The van der Waals surface area contributed by atoms with Crippen LogP contribution in [0.1, 0.15) is 84.0 Å². The van der Waals surface area contributed by atoms with Gasteiger partial charge in [0.25, 0.3) is 0 Å². The van der Waals surface area contributed by atoms with Crippen LogP contribution in [-0.2, 0) is 0 Å². The third kappa shape index (κ3) is 18.0. The quantitative estimate of drug-likeness (QED) is 0.243. The fourth-order valence-corrected chi connectivity index (χ4v) is 2.75. The normalized spacial score (nSPS) is 12.0. The standard InChI is InChI=1S/C18H39NO4/c1-2-3-4-5-6-7-8-9-10-11-14-19(15-12-17(20)21)16-13-18(22)23/h17-18,20-23H,2-16H2,1H3. The summed E-state index contributed by atoms with van der Waals surface area (Å²) in [5.74, 6) is 0. The highest BCUT2D eigenvalue weighted by Crippen LogP contribution is 2.11. The van der Waals surface area contributed by atoms with E-state index in [1.54, 1.807) is 0 Å². The van der Waals surface area contributed by atoms with Crippen LogP contribution in [0, 0.1) is 0 Å². The minimum Gasteiger partial charge on any atom is -0.368 e. The summed E-state index contributed by atoms with van der Waals surface area (Å²) in [4.78, 5) is 2.09. The number of nitrogens with zero attached hydrogens (tertiary/aromatic N) is 1. The van der Waals surface area contributed by atoms with Crippen molar-refractivity contribution in [2.24, 2.45) is 0 Å². The monoisotopic (exact) mass is 333 g/mol. The molecule has 5 nitrogen and oxygen atoms in total. The number of unbranched alkanes of at least 4 members (excludes halogenated alkanes) is 9. The second-order valence-corrected chi connectivity index (χ2v) is 6.56. The molecule has 0 saturated carbocycles. The average molecular weight is 334 g/mol. The smallest absolute Gasteiger partial charge is 0.152 e. The zero-order valence-corrected chi connectivity index (χ0v) is 15.0. The molecule has 23 heavy (non-hydrogen) atoms. The first-order chi connectivity index (χ1) is 11.1. The maximum atomic E-state index is 8.95. The minimum absolute atomic E-state index is 0.305. The molecule has 0 atom stereocenters. The molecule has 4 N–H and O–H groups in total. The van der Waals surface area contributed by atoms with Gasteiger partial charge in [-0.3, -0.25) is 0 Å². The van der Waals surface area contributed by atoms with Crippen molar-refractivity contribution in [1.82, 2.24) is 4.90 Å². The van der Waals surface area contributed by atoms with Crippen LogP contribution < -0.4 is 0 Å². The van der Waals surface area contributed by atoms with Crippen molar-refractivity contribution in [3.8, 4) is 0 Å². The van der Waals surface area contributed by atoms with Crippen molar-refractivity contribution >= 4 is 0 Å². The molecule has 0 radical (unpaired) electrons. The molecule has 0 aliphatic carbocycles. The minimum atomic E-state index is -1.29. The van der Waals surface area contributed by atoms with Gasteiger partial charge in [-0.15, -0.1) is 0 Å². The van der Waals surface area contributed by atoms with Crippen molar-refractivity contribution in [3.63, 3.8) is 0 Å². The maximum absolute atomic E-state index is 8.95. The van der Waals surface area contributed by atoms with E-state index in [0.717, 1.165) is 13.0 Å². The largest absolute Gasteiger partial charge is 0.368 e. The molecule has 0 aliphatic heterocycles. The lowest BCUT2D eigenvalue weighted by atomic mass is 10.1. The Morgan fingerprint density at radius 3 is 1.35 bits per heavy atom. The molecule has 0 aliphatic rings. The van der Waals surface area contributed by atoms with Crippen LogP contribution in [0.15, 0.2) is 0 Å². The second-order valence-electron chi connectivity index (χ2n) is 6.56. The number of hydrogen-bond donors (Lipinski definition) is 4. The number of rotatable bonds is 17. The van der Waals surface area contributed by atoms with E-state index in [9.17, 15) is 0 Å². The van der Waals surface area contributed by atoms with Crippen molar-refractivity contribution in [2.45, 2.75) is 96.6 Å². The van der Waals surface area contributed by atoms with Gasteiger partial charge in [0.2, 0.25) is 0 Å². The van der Waals surface area contributed by atoms with E-state index in [2.05, 4.69) is 11.8 Å². The van der Waals surface area contributed by atoms with Gasteiger partial charge < -0.3 is 25.3 Å². The van der Waals surface area contributed by atoms with Crippen LogP contribution in [0.25, 0.3) is 0 Å². The summed E-state index contributed by atoms with van der Waals surface area (Å²) in [7, 11) is 0. The van der Waals surface area contributed by atoms with Crippen molar-refractivity contribution in [3.05, 3.63) is 0 Å².